The third-order valence-corrected chi connectivity index (χ3v) is 0. The molecule has 0 unspecified atom stereocenters. The normalized spacial score (nSPS) is 3.50. The molecule has 0 fully saturated rings. The van der Waals surface area contributed by atoms with Crippen LogP contribution in [0.4, 0.5) is 0 Å². The van der Waals surface area contributed by atoms with Crippen molar-refractivity contribution in [2.45, 2.75) is 0 Å². The first-order valence-corrected chi connectivity index (χ1v) is 2.55. The molecule has 2 N–H and O–H groups in total. The van der Waals surface area contributed by atoms with Crippen LogP contribution in [0, 0.1) is 6.92 Å². The Morgan fingerprint density at radius 2 is 1.67 bits per heavy atom. The Bertz CT molecular complexity index is 18.3. The fraction of sp³-hybridized carbons (Fsp3) is 0. The molecule has 0 aromatic rings. The van der Waals surface area contributed by atoms with E-state index in [-0.39, 0.29) is 18.9 Å². The van der Waals surface area contributed by atoms with E-state index < -0.39 is 0 Å². The summed E-state index contributed by atoms with van der Waals surface area (Å²) in [4.78, 5) is 0. The van der Waals surface area contributed by atoms with Gasteiger partial charge in [-0.2, -0.15) is 0 Å². The van der Waals surface area contributed by atoms with E-state index in [4.69, 9.17) is 0 Å². The maximum absolute atomic E-state index is 4.64. The van der Waals surface area contributed by atoms with Crippen molar-refractivity contribution >= 4 is 10.4 Å². The van der Waals surface area contributed by atoms with Crippen LogP contribution in [0.2, 0.25) is 0 Å². The summed E-state index contributed by atoms with van der Waals surface area (Å²) < 4.78 is 0. The van der Waals surface area contributed by atoms with Gasteiger partial charge in [-0.05, 0) is 0 Å². The van der Waals surface area contributed by atoms with E-state index in [2.05, 4.69) is 18.9 Å². The molecular weight excluding hydrogens is 85.1 g/mol. The predicted octanol–water partition coefficient (Wildman–Crippen LogP) is -3.76. The van der Waals surface area contributed by atoms with E-state index in [1.54, 1.807) is 0 Å². The van der Waals surface area contributed by atoms with Gasteiger partial charge in [0, 0.05) is 0 Å². The quantitative estimate of drug-likeness (QED) is 0.243. The van der Waals surface area contributed by atoms with E-state index in [1.165, 1.54) is 6.08 Å². The molecule has 0 aliphatic carbocycles. The number of hydrogen-bond donors (Lipinski definition) is 1. The second-order valence-electron chi connectivity index (χ2n) is 0.289. The molecule has 3 heteroatoms. The van der Waals surface area contributed by atoms with Crippen molar-refractivity contribution in [3.8, 4) is 0 Å². The molecule has 0 spiro atoms. The van der Waals surface area contributed by atoms with E-state index >= 15 is 0 Å². The maximum Gasteiger partial charge on any atom is 1.00 e. The molecule has 0 heterocycles. The van der Waals surface area contributed by atoms with Crippen LogP contribution < -0.4 is 24.3 Å². The molecule has 0 radical (unpaired) electrons. The van der Waals surface area contributed by atoms with Crippen molar-refractivity contribution in [1.29, 1.82) is 0 Å². The maximum atomic E-state index is 4.64. The Kier molecular flexibility index (Phi) is 145. The fourth-order valence-electron chi connectivity index (χ4n) is 0. The van der Waals surface area contributed by atoms with Gasteiger partial charge in [0.05, 0.1) is 10.4 Å². The minimum absolute atomic E-state index is 0. The van der Waals surface area contributed by atoms with Gasteiger partial charge in [0.25, 0.3) is 0 Å². The Morgan fingerprint density at radius 1 is 1.67 bits per heavy atom. The van der Waals surface area contributed by atoms with Crippen molar-refractivity contribution in [3.63, 3.8) is 0 Å². The van der Waals surface area contributed by atoms with Gasteiger partial charge in [-0.25, -0.2) is 19.6 Å². The van der Waals surface area contributed by atoms with Crippen LogP contribution in [0.3, 0.4) is 0 Å². The molecule has 0 rings (SSSR count). The molecule has 32 valence electrons. The molecule has 6 heavy (non-hydrogen) atoms. The molecule has 0 aromatic heterocycles. The molecule has 0 aliphatic heterocycles. The summed E-state index contributed by atoms with van der Waals surface area (Å²) in [7, 11) is 0.806. The molecular formula is C3H10LiNSi. The van der Waals surface area contributed by atoms with E-state index in [1.807, 2.05) is 0 Å². The first kappa shape index (κ1) is 16.2. The van der Waals surface area contributed by atoms with Crippen LogP contribution in [0.25, 0.3) is 0 Å². The van der Waals surface area contributed by atoms with E-state index in [0.717, 1.165) is 10.4 Å². The SMILES string of the molecule is C=C[CH2-].N[SiH3].[Li+]. The standard InChI is InChI=1S/C3H5.Li.H5NSi/c1-3-2;;1-2/h3H,1-2H2;;1H2,2H3/q-1;+1;. The van der Waals surface area contributed by atoms with Crippen LogP contribution in [0.5, 0.6) is 0 Å². The summed E-state index contributed by atoms with van der Waals surface area (Å²) in [6, 6.07) is 0. The van der Waals surface area contributed by atoms with Gasteiger partial charge in [-0.3, -0.25) is 0 Å². The fourth-order valence-corrected chi connectivity index (χ4v) is 0. The molecule has 0 saturated carbocycles. The average molecular weight is 95.1 g/mol. The molecule has 1 nitrogen and oxygen atoms in total. The van der Waals surface area contributed by atoms with Crippen molar-refractivity contribution in [2.75, 3.05) is 0 Å². The zero-order valence-electron chi connectivity index (χ0n) is 4.57. The van der Waals surface area contributed by atoms with Crippen molar-refractivity contribution in [3.05, 3.63) is 19.6 Å². The van der Waals surface area contributed by atoms with Crippen molar-refractivity contribution < 1.29 is 18.9 Å². The summed E-state index contributed by atoms with van der Waals surface area (Å²) in [6.45, 7) is 6.50. The number of hydrogen-bond acceptors (Lipinski definition) is 1. The smallest absolute Gasteiger partial charge is 0.358 e. The van der Waals surface area contributed by atoms with Crippen LogP contribution in [-0.2, 0) is 0 Å². The second kappa shape index (κ2) is 54.0. The van der Waals surface area contributed by atoms with Gasteiger partial charge in [0.1, 0.15) is 0 Å². The average Bonchev–Trinajstić information content (AvgIpc) is 1.46. The molecule has 0 aliphatic rings. The van der Waals surface area contributed by atoms with Gasteiger partial charge in [-0.1, -0.05) is 0 Å². The van der Waals surface area contributed by atoms with Gasteiger partial charge in [0.15, 0.2) is 0 Å². The number of allylic oxidation sites excluding steroid dienone is 1. The topological polar surface area (TPSA) is 26.0 Å². The Balaban J connectivity index is -0.0000000275. The summed E-state index contributed by atoms with van der Waals surface area (Å²) in [5.41, 5.74) is 0. The van der Waals surface area contributed by atoms with Crippen LogP contribution in [-0.4, -0.2) is 10.4 Å². The zero-order valence-corrected chi connectivity index (χ0v) is 6.57. The van der Waals surface area contributed by atoms with Gasteiger partial charge in [0.2, 0.25) is 0 Å². The Morgan fingerprint density at radius 3 is 1.67 bits per heavy atom. The largest absolute Gasteiger partial charge is 1.00 e. The van der Waals surface area contributed by atoms with Crippen molar-refractivity contribution in [1.82, 2.24) is 0 Å². The third kappa shape index (κ3) is 340. The second-order valence-corrected chi connectivity index (χ2v) is 0.289. The summed E-state index contributed by atoms with van der Waals surface area (Å²) in [5.74, 6) is 0. The summed E-state index contributed by atoms with van der Waals surface area (Å²) in [5, 5.41) is 4.64. The third-order valence-electron chi connectivity index (χ3n) is 0. The minimum atomic E-state index is 0. The first-order chi connectivity index (χ1) is 2.41. The number of rotatable bonds is 0. The zero-order chi connectivity index (χ0) is 4.71. The molecule has 0 saturated heterocycles. The van der Waals surface area contributed by atoms with Crippen molar-refractivity contribution in [2.24, 2.45) is 5.40 Å². The molecule has 0 atom stereocenters. The van der Waals surface area contributed by atoms with Crippen LogP contribution in [0.15, 0.2) is 12.7 Å². The Labute approximate surface area is 54.7 Å². The summed E-state index contributed by atoms with van der Waals surface area (Å²) >= 11 is 0. The van der Waals surface area contributed by atoms with Crippen LogP contribution >= 0.6 is 0 Å². The predicted molar refractivity (Wildman–Crippen MR) is 29.7 cm³/mol. The molecule has 0 bridgehead atoms. The summed E-state index contributed by atoms with van der Waals surface area (Å²) in [6.07, 6.45) is 1.50. The van der Waals surface area contributed by atoms with E-state index in [0.29, 0.717) is 0 Å². The minimum Gasteiger partial charge on any atom is -0.358 e. The van der Waals surface area contributed by atoms with Gasteiger partial charge in [-0.15, -0.1) is 0 Å². The molecule has 0 amide bonds. The van der Waals surface area contributed by atoms with Gasteiger partial charge >= 0.3 is 18.9 Å². The van der Waals surface area contributed by atoms with E-state index in [9.17, 15) is 0 Å². The first-order valence-electron chi connectivity index (χ1n) is 1.39. The number of nitrogens with two attached hydrogens (primary N) is 1. The Hall–Kier alpha value is 0.384. The van der Waals surface area contributed by atoms with Crippen LogP contribution in [0.1, 0.15) is 0 Å². The molecule has 0 aromatic carbocycles. The van der Waals surface area contributed by atoms with Gasteiger partial charge < -0.3 is 5.40 Å². The monoisotopic (exact) mass is 95.1 g/mol.